The molecule has 1 aromatic carbocycles. The van der Waals surface area contributed by atoms with Crippen LogP contribution in [0.5, 0.6) is 5.75 Å². The van der Waals surface area contributed by atoms with Crippen molar-refractivity contribution in [1.82, 2.24) is 4.90 Å². The van der Waals surface area contributed by atoms with Crippen LogP contribution < -0.4 is 4.74 Å². The number of benzene rings is 1. The summed E-state index contributed by atoms with van der Waals surface area (Å²) in [5.74, 6) is 0.987. The molecule has 0 bridgehead atoms. The van der Waals surface area contributed by atoms with Crippen LogP contribution in [-0.2, 0) is 6.42 Å². The van der Waals surface area contributed by atoms with Gasteiger partial charge in [-0.3, -0.25) is 0 Å². The average Bonchev–Trinajstić information content (AvgIpc) is 2.20. The molecule has 0 aromatic heterocycles. The van der Waals surface area contributed by atoms with Crippen LogP contribution in [-0.4, -0.2) is 32.6 Å². The van der Waals surface area contributed by atoms with Crippen LogP contribution in [0.3, 0.4) is 0 Å². The van der Waals surface area contributed by atoms with Crippen molar-refractivity contribution < 1.29 is 4.74 Å². The molecule has 0 atom stereocenters. The van der Waals surface area contributed by atoms with E-state index in [1.54, 1.807) is 7.11 Å². The monoisotopic (exact) mass is 207 g/mol. The van der Waals surface area contributed by atoms with E-state index >= 15 is 0 Å². The molecular weight excluding hydrogens is 186 g/mol. The number of hydrogen-bond acceptors (Lipinski definition) is 2. The van der Waals surface area contributed by atoms with Gasteiger partial charge in [-0.15, -0.1) is 0 Å². The Hall–Kier alpha value is -1.02. The maximum absolute atomic E-state index is 5.30. The second-order valence-corrected chi connectivity index (χ2v) is 4.23. The smallest absolute Gasteiger partial charge is 0.122 e. The van der Waals surface area contributed by atoms with Crippen molar-refractivity contribution in [3.05, 3.63) is 28.8 Å². The van der Waals surface area contributed by atoms with Crippen molar-refractivity contribution in [2.45, 2.75) is 20.3 Å². The van der Waals surface area contributed by atoms with Crippen LogP contribution in [0, 0.1) is 13.8 Å². The van der Waals surface area contributed by atoms with Crippen molar-refractivity contribution in [3.8, 4) is 5.75 Å². The molecule has 0 amide bonds. The molecule has 0 saturated carbocycles. The molecule has 0 aliphatic heterocycles. The van der Waals surface area contributed by atoms with Crippen molar-refractivity contribution in [1.29, 1.82) is 0 Å². The fourth-order valence-electron chi connectivity index (χ4n) is 1.69. The lowest BCUT2D eigenvalue weighted by atomic mass is 10.00. The van der Waals surface area contributed by atoms with Gasteiger partial charge in [0.15, 0.2) is 0 Å². The minimum atomic E-state index is 0.987. The lowest BCUT2D eigenvalue weighted by Gasteiger charge is -2.14. The Labute approximate surface area is 92.9 Å². The van der Waals surface area contributed by atoms with Gasteiger partial charge < -0.3 is 9.64 Å². The summed E-state index contributed by atoms with van der Waals surface area (Å²) in [5.41, 5.74) is 4.03. The van der Waals surface area contributed by atoms with Gasteiger partial charge in [0.1, 0.15) is 5.75 Å². The molecule has 0 radical (unpaired) electrons. The molecule has 0 N–H and O–H groups in total. The van der Waals surface area contributed by atoms with Crippen molar-refractivity contribution >= 4 is 0 Å². The molecule has 0 spiro atoms. The first-order valence-corrected chi connectivity index (χ1v) is 5.34. The Morgan fingerprint density at radius 1 is 1.13 bits per heavy atom. The summed E-state index contributed by atoms with van der Waals surface area (Å²) < 4.78 is 5.30. The van der Waals surface area contributed by atoms with Gasteiger partial charge in [0, 0.05) is 6.54 Å². The van der Waals surface area contributed by atoms with Crippen molar-refractivity contribution in [2.75, 3.05) is 27.7 Å². The van der Waals surface area contributed by atoms with Crippen LogP contribution in [0.4, 0.5) is 0 Å². The average molecular weight is 207 g/mol. The van der Waals surface area contributed by atoms with Gasteiger partial charge in [-0.05, 0) is 57.1 Å². The van der Waals surface area contributed by atoms with Gasteiger partial charge in [-0.1, -0.05) is 6.07 Å². The summed E-state index contributed by atoms with van der Waals surface area (Å²) in [4.78, 5) is 2.21. The number of ether oxygens (including phenoxy) is 1. The van der Waals surface area contributed by atoms with Crippen LogP contribution in [0.15, 0.2) is 12.1 Å². The Bertz CT molecular complexity index is 332. The highest BCUT2D eigenvalue weighted by Crippen LogP contribution is 2.24. The minimum Gasteiger partial charge on any atom is -0.496 e. The van der Waals surface area contributed by atoms with E-state index < -0.39 is 0 Å². The fourth-order valence-corrected chi connectivity index (χ4v) is 1.69. The highest BCUT2D eigenvalue weighted by atomic mass is 16.5. The van der Waals surface area contributed by atoms with E-state index in [1.807, 2.05) is 0 Å². The number of rotatable bonds is 4. The van der Waals surface area contributed by atoms with E-state index in [-0.39, 0.29) is 0 Å². The number of hydrogen-bond donors (Lipinski definition) is 0. The number of methoxy groups -OCH3 is 1. The molecule has 0 saturated heterocycles. The quantitative estimate of drug-likeness (QED) is 0.752. The summed E-state index contributed by atoms with van der Waals surface area (Å²) in [5, 5.41) is 0. The Morgan fingerprint density at radius 3 is 2.33 bits per heavy atom. The van der Waals surface area contributed by atoms with E-state index in [0.29, 0.717) is 0 Å². The van der Waals surface area contributed by atoms with Gasteiger partial charge in [-0.2, -0.15) is 0 Å². The maximum atomic E-state index is 5.30. The normalized spacial score (nSPS) is 10.8. The zero-order chi connectivity index (χ0) is 11.4. The van der Waals surface area contributed by atoms with Crippen LogP contribution >= 0.6 is 0 Å². The van der Waals surface area contributed by atoms with Crippen LogP contribution in [0.2, 0.25) is 0 Å². The third kappa shape index (κ3) is 2.96. The Morgan fingerprint density at radius 2 is 1.80 bits per heavy atom. The summed E-state index contributed by atoms with van der Waals surface area (Å²) in [7, 11) is 5.93. The maximum Gasteiger partial charge on any atom is 0.122 e. The predicted octanol–water partition coefficient (Wildman–Crippen LogP) is 2.42. The lowest BCUT2D eigenvalue weighted by molar-refractivity contribution is 0.407. The molecule has 0 aliphatic rings. The van der Waals surface area contributed by atoms with Crippen molar-refractivity contribution in [2.24, 2.45) is 0 Å². The molecule has 84 valence electrons. The second kappa shape index (κ2) is 5.17. The van der Waals surface area contributed by atoms with E-state index in [4.69, 9.17) is 4.74 Å². The first kappa shape index (κ1) is 12.1. The lowest BCUT2D eigenvalue weighted by Crippen LogP contribution is -2.15. The molecule has 0 heterocycles. The molecule has 2 nitrogen and oxygen atoms in total. The zero-order valence-electron chi connectivity index (χ0n) is 10.4. The molecular formula is C13H21NO. The molecule has 0 fully saturated rings. The van der Waals surface area contributed by atoms with Gasteiger partial charge >= 0.3 is 0 Å². The van der Waals surface area contributed by atoms with E-state index in [1.165, 1.54) is 16.7 Å². The van der Waals surface area contributed by atoms with Gasteiger partial charge in [0.25, 0.3) is 0 Å². The highest BCUT2D eigenvalue weighted by Gasteiger charge is 2.06. The Balaban J connectivity index is 2.87. The van der Waals surface area contributed by atoms with E-state index in [0.717, 1.165) is 18.7 Å². The van der Waals surface area contributed by atoms with Gasteiger partial charge in [-0.25, -0.2) is 0 Å². The highest BCUT2D eigenvalue weighted by molar-refractivity contribution is 5.43. The molecule has 15 heavy (non-hydrogen) atoms. The minimum absolute atomic E-state index is 0.987. The summed E-state index contributed by atoms with van der Waals surface area (Å²) in [6, 6.07) is 4.23. The summed E-state index contributed by atoms with van der Waals surface area (Å²) >= 11 is 0. The summed E-state index contributed by atoms with van der Waals surface area (Å²) in [6.45, 7) is 5.38. The standard InChI is InChI=1S/C13H21NO/c1-10-11(2)13(15-5)7-6-12(10)8-9-14(3)4/h6-7H,8-9H2,1-5H3. The van der Waals surface area contributed by atoms with E-state index in [9.17, 15) is 0 Å². The Kier molecular flexibility index (Phi) is 4.15. The van der Waals surface area contributed by atoms with Crippen LogP contribution in [0.25, 0.3) is 0 Å². The largest absolute Gasteiger partial charge is 0.496 e. The zero-order valence-corrected chi connectivity index (χ0v) is 10.4. The SMILES string of the molecule is COc1ccc(CCN(C)C)c(C)c1C. The first-order valence-electron chi connectivity index (χ1n) is 5.34. The first-order chi connectivity index (χ1) is 7.06. The fraction of sp³-hybridized carbons (Fsp3) is 0.538. The number of likely N-dealkylation sites (N-methyl/N-ethyl adjacent to an activating group) is 1. The summed E-state index contributed by atoms with van der Waals surface area (Å²) in [6.07, 6.45) is 1.10. The second-order valence-electron chi connectivity index (χ2n) is 4.23. The van der Waals surface area contributed by atoms with Gasteiger partial charge in [0.05, 0.1) is 7.11 Å². The molecule has 0 aliphatic carbocycles. The van der Waals surface area contributed by atoms with Crippen LogP contribution in [0.1, 0.15) is 16.7 Å². The molecule has 1 rings (SSSR count). The topological polar surface area (TPSA) is 12.5 Å². The van der Waals surface area contributed by atoms with Crippen molar-refractivity contribution in [3.63, 3.8) is 0 Å². The molecule has 1 aromatic rings. The third-order valence-electron chi connectivity index (χ3n) is 2.90. The molecule has 0 unspecified atom stereocenters. The number of nitrogens with zero attached hydrogens (tertiary/aromatic N) is 1. The van der Waals surface area contributed by atoms with E-state index in [2.05, 4.69) is 45.0 Å². The third-order valence-corrected chi connectivity index (χ3v) is 2.90. The predicted molar refractivity (Wildman–Crippen MR) is 64.7 cm³/mol. The van der Waals surface area contributed by atoms with Gasteiger partial charge in [0.2, 0.25) is 0 Å². The molecule has 2 heteroatoms.